The fourth-order valence-corrected chi connectivity index (χ4v) is 2.35. The van der Waals surface area contributed by atoms with Crippen LogP contribution in [0.1, 0.15) is 45.6 Å². The van der Waals surface area contributed by atoms with Crippen molar-refractivity contribution < 1.29 is 9.53 Å². The molecule has 2 rings (SSSR count). The van der Waals surface area contributed by atoms with Crippen LogP contribution in [0.3, 0.4) is 0 Å². The number of amides is 1. The molecular weight excluding hydrogens is 328 g/mol. The van der Waals surface area contributed by atoms with Crippen LogP contribution in [0.15, 0.2) is 29.3 Å². The Hall–Kier alpha value is -2.24. The van der Waals surface area contributed by atoms with Gasteiger partial charge in [0.1, 0.15) is 5.75 Å². The molecule has 1 amide bonds. The molecule has 1 fully saturated rings. The standard InChI is InChI=1S/C20H32N4O2/c1-4-15(3)23-20(21-5-2)22-13-12-16-6-10-18(11-7-16)26-14-19(25)24-17-8-9-17/h6-7,10-11,15,17H,4-5,8-9,12-14H2,1-3H3,(H,24,25)(H2,21,22,23). The zero-order chi connectivity index (χ0) is 18.8. The lowest BCUT2D eigenvalue weighted by Crippen LogP contribution is -2.42. The normalized spacial score (nSPS) is 15.3. The van der Waals surface area contributed by atoms with Crippen LogP contribution in [-0.4, -0.2) is 43.6 Å². The molecule has 1 aliphatic carbocycles. The smallest absolute Gasteiger partial charge is 0.258 e. The van der Waals surface area contributed by atoms with E-state index in [1.54, 1.807) is 0 Å². The van der Waals surface area contributed by atoms with Crippen molar-refractivity contribution in [3.63, 3.8) is 0 Å². The predicted octanol–water partition coefficient (Wildman–Crippen LogP) is 2.24. The van der Waals surface area contributed by atoms with Crippen molar-refractivity contribution in [1.29, 1.82) is 0 Å². The summed E-state index contributed by atoms with van der Waals surface area (Å²) in [7, 11) is 0. The number of nitrogens with zero attached hydrogens (tertiary/aromatic N) is 1. The van der Waals surface area contributed by atoms with Gasteiger partial charge in [0.25, 0.3) is 5.91 Å². The second-order valence-corrected chi connectivity index (χ2v) is 6.74. The third-order valence-corrected chi connectivity index (χ3v) is 4.25. The molecule has 144 valence electrons. The first-order valence-corrected chi connectivity index (χ1v) is 9.66. The van der Waals surface area contributed by atoms with Crippen LogP contribution < -0.4 is 20.7 Å². The maximum absolute atomic E-state index is 11.6. The van der Waals surface area contributed by atoms with Crippen LogP contribution in [0.5, 0.6) is 5.75 Å². The number of guanidine groups is 1. The molecule has 1 aliphatic rings. The number of hydrogen-bond donors (Lipinski definition) is 3. The quantitative estimate of drug-likeness (QED) is 0.442. The Bertz CT molecular complexity index is 582. The Morgan fingerprint density at radius 1 is 1.27 bits per heavy atom. The summed E-state index contributed by atoms with van der Waals surface area (Å²) >= 11 is 0. The first kappa shape index (κ1) is 20.1. The highest BCUT2D eigenvalue weighted by Crippen LogP contribution is 2.18. The first-order valence-electron chi connectivity index (χ1n) is 9.66. The highest BCUT2D eigenvalue weighted by atomic mass is 16.5. The van der Waals surface area contributed by atoms with Crippen molar-refractivity contribution in [3.8, 4) is 5.75 Å². The van der Waals surface area contributed by atoms with Gasteiger partial charge in [0.05, 0.1) is 0 Å². The fraction of sp³-hybridized carbons (Fsp3) is 0.600. The molecule has 0 bridgehead atoms. The molecule has 6 nitrogen and oxygen atoms in total. The molecule has 1 atom stereocenters. The Labute approximate surface area is 156 Å². The lowest BCUT2D eigenvalue weighted by atomic mass is 10.1. The molecule has 26 heavy (non-hydrogen) atoms. The largest absolute Gasteiger partial charge is 0.484 e. The van der Waals surface area contributed by atoms with E-state index in [-0.39, 0.29) is 12.5 Å². The third kappa shape index (κ3) is 7.76. The van der Waals surface area contributed by atoms with Gasteiger partial charge >= 0.3 is 0 Å². The summed E-state index contributed by atoms with van der Waals surface area (Å²) in [5.74, 6) is 1.54. The molecule has 1 saturated carbocycles. The van der Waals surface area contributed by atoms with Gasteiger partial charge in [-0.3, -0.25) is 9.79 Å². The summed E-state index contributed by atoms with van der Waals surface area (Å²) in [5.41, 5.74) is 1.20. The van der Waals surface area contributed by atoms with Crippen molar-refractivity contribution in [3.05, 3.63) is 29.8 Å². The highest BCUT2D eigenvalue weighted by Gasteiger charge is 2.23. The van der Waals surface area contributed by atoms with Crippen LogP contribution >= 0.6 is 0 Å². The van der Waals surface area contributed by atoms with E-state index in [0.29, 0.717) is 12.1 Å². The van der Waals surface area contributed by atoms with Crippen molar-refractivity contribution in [2.24, 2.45) is 4.99 Å². The number of aliphatic imine (C=N–C) groups is 1. The molecule has 6 heteroatoms. The van der Waals surface area contributed by atoms with Gasteiger partial charge in [0, 0.05) is 25.2 Å². The van der Waals surface area contributed by atoms with E-state index in [2.05, 4.69) is 41.7 Å². The van der Waals surface area contributed by atoms with Gasteiger partial charge in [0.2, 0.25) is 0 Å². The molecule has 0 spiro atoms. The SMILES string of the molecule is CCNC(=NCCc1ccc(OCC(=O)NC2CC2)cc1)NC(C)CC. The number of carbonyl (C=O) groups excluding carboxylic acids is 1. The second kappa shape index (κ2) is 10.7. The summed E-state index contributed by atoms with van der Waals surface area (Å²) in [6.45, 7) is 8.01. The van der Waals surface area contributed by atoms with Crippen LogP contribution in [0.2, 0.25) is 0 Å². The molecule has 0 aromatic heterocycles. The lowest BCUT2D eigenvalue weighted by molar-refractivity contribution is -0.123. The van der Waals surface area contributed by atoms with Gasteiger partial charge in [-0.1, -0.05) is 19.1 Å². The van der Waals surface area contributed by atoms with Gasteiger partial charge in [-0.05, 0) is 57.2 Å². The topological polar surface area (TPSA) is 74.8 Å². The van der Waals surface area contributed by atoms with Crippen LogP contribution in [0.4, 0.5) is 0 Å². The van der Waals surface area contributed by atoms with E-state index in [0.717, 1.165) is 50.5 Å². The minimum atomic E-state index is -0.0457. The van der Waals surface area contributed by atoms with E-state index in [1.807, 2.05) is 24.3 Å². The molecule has 0 aliphatic heterocycles. The Morgan fingerprint density at radius 3 is 2.62 bits per heavy atom. The minimum absolute atomic E-state index is 0.0457. The van der Waals surface area contributed by atoms with Crippen LogP contribution in [0, 0.1) is 0 Å². The summed E-state index contributed by atoms with van der Waals surface area (Å²) < 4.78 is 5.52. The number of nitrogens with one attached hydrogen (secondary N) is 3. The maximum atomic E-state index is 11.6. The van der Waals surface area contributed by atoms with Crippen molar-refractivity contribution in [2.45, 2.75) is 58.5 Å². The van der Waals surface area contributed by atoms with E-state index in [1.165, 1.54) is 5.56 Å². The van der Waals surface area contributed by atoms with E-state index in [4.69, 9.17) is 4.74 Å². The molecule has 3 N–H and O–H groups in total. The van der Waals surface area contributed by atoms with E-state index >= 15 is 0 Å². The maximum Gasteiger partial charge on any atom is 0.258 e. The average molecular weight is 361 g/mol. The fourth-order valence-electron chi connectivity index (χ4n) is 2.35. The number of hydrogen-bond acceptors (Lipinski definition) is 3. The van der Waals surface area contributed by atoms with Gasteiger partial charge in [-0.25, -0.2) is 0 Å². The van der Waals surface area contributed by atoms with Gasteiger partial charge < -0.3 is 20.7 Å². The van der Waals surface area contributed by atoms with Crippen molar-refractivity contribution in [1.82, 2.24) is 16.0 Å². The molecule has 0 radical (unpaired) electrons. The third-order valence-electron chi connectivity index (χ3n) is 4.25. The molecule has 1 aromatic rings. The number of carbonyl (C=O) groups is 1. The highest BCUT2D eigenvalue weighted by molar-refractivity contribution is 5.80. The number of ether oxygens (including phenoxy) is 1. The van der Waals surface area contributed by atoms with Crippen LogP contribution in [-0.2, 0) is 11.2 Å². The second-order valence-electron chi connectivity index (χ2n) is 6.74. The predicted molar refractivity (Wildman–Crippen MR) is 106 cm³/mol. The summed E-state index contributed by atoms with van der Waals surface area (Å²) in [4.78, 5) is 16.2. The van der Waals surface area contributed by atoms with Crippen LogP contribution in [0.25, 0.3) is 0 Å². The molecule has 1 unspecified atom stereocenters. The first-order chi connectivity index (χ1) is 12.6. The van der Waals surface area contributed by atoms with Crippen molar-refractivity contribution >= 4 is 11.9 Å². The molecule has 0 saturated heterocycles. The lowest BCUT2D eigenvalue weighted by Gasteiger charge is -2.16. The summed E-state index contributed by atoms with van der Waals surface area (Å²) in [6, 6.07) is 8.65. The number of rotatable bonds is 10. The average Bonchev–Trinajstić information content (AvgIpc) is 3.45. The molecular formula is C20H32N4O2. The van der Waals surface area contributed by atoms with Gasteiger partial charge in [-0.2, -0.15) is 0 Å². The van der Waals surface area contributed by atoms with Gasteiger partial charge in [0.15, 0.2) is 12.6 Å². The Balaban J connectivity index is 1.74. The number of benzene rings is 1. The van der Waals surface area contributed by atoms with Gasteiger partial charge in [-0.15, -0.1) is 0 Å². The molecule has 1 aromatic carbocycles. The van der Waals surface area contributed by atoms with E-state index < -0.39 is 0 Å². The van der Waals surface area contributed by atoms with Crippen molar-refractivity contribution in [2.75, 3.05) is 19.7 Å². The Morgan fingerprint density at radius 2 is 2.00 bits per heavy atom. The van der Waals surface area contributed by atoms with E-state index in [9.17, 15) is 4.79 Å². The Kier molecular flexibility index (Phi) is 8.25. The minimum Gasteiger partial charge on any atom is -0.484 e. The zero-order valence-electron chi connectivity index (χ0n) is 16.2. The molecule has 0 heterocycles. The summed E-state index contributed by atoms with van der Waals surface area (Å²) in [6.07, 6.45) is 4.10. The monoisotopic (exact) mass is 360 g/mol. The summed E-state index contributed by atoms with van der Waals surface area (Å²) in [5, 5.41) is 9.57. The zero-order valence-corrected chi connectivity index (χ0v) is 16.2.